The van der Waals surface area contributed by atoms with Gasteiger partial charge in [0.25, 0.3) is 5.91 Å². The first-order chi connectivity index (χ1) is 7.54. The van der Waals surface area contributed by atoms with E-state index in [-0.39, 0.29) is 17.4 Å². The molecular formula is C10H13NO4S. The molecule has 1 heterocycles. The lowest BCUT2D eigenvalue weighted by atomic mass is 10.3. The summed E-state index contributed by atoms with van der Waals surface area (Å²) in [5.74, 6) is -0.697. The molecule has 0 fully saturated rings. The molecule has 5 nitrogen and oxygen atoms in total. The van der Waals surface area contributed by atoms with Crippen molar-refractivity contribution in [2.24, 2.45) is 0 Å². The van der Waals surface area contributed by atoms with Crippen molar-refractivity contribution in [1.29, 1.82) is 0 Å². The molecular weight excluding hydrogens is 230 g/mol. The summed E-state index contributed by atoms with van der Waals surface area (Å²) in [7, 11) is 0. The molecule has 88 valence electrons. The zero-order chi connectivity index (χ0) is 12.1. The molecule has 1 unspecified atom stereocenters. The van der Waals surface area contributed by atoms with Gasteiger partial charge < -0.3 is 14.8 Å². The van der Waals surface area contributed by atoms with Gasteiger partial charge in [0.15, 0.2) is 5.76 Å². The van der Waals surface area contributed by atoms with E-state index >= 15 is 0 Å². The van der Waals surface area contributed by atoms with E-state index in [4.69, 9.17) is 9.52 Å². The normalized spacial score (nSPS) is 12.1. The van der Waals surface area contributed by atoms with E-state index in [0.29, 0.717) is 0 Å². The van der Waals surface area contributed by atoms with Crippen molar-refractivity contribution in [3.8, 4) is 0 Å². The topological polar surface area (TPSA) is 79.5 Å². The Morgan fingerprint density at radius 3 is 2.81 bits per heavy atom. The van der Waals surface area contributed by atoms with Gasteiger partial charge in [-0.2, -0.15) is 11.8 Å². The first-order valence-electron chi connectivity index (χ1n) is 4.66. The molecule has 0 aromatic carbocycles. The number of thioether (sulfide) groups is 1. The van der Waals surface area contributed by atoms with Gasteiger partial charge in [-0.15, -0.1) is 0 Å². The van der Waals surface area contributed by atoms with Crippen LogP contribution in [0.4, 0.5) is 0 Å². The van der Waals surface area contributed by atoms with Crippen LogP contribution in [-0.4, -0.2) is 35.0 Å². The third-order valence-corrected chi connectivity index (χ3v) is 2.70. The van der Waals surface area contributed by atoms with E-state index in [1.54, 1.807) is 11.8 Å². The molecule has 2 N–H and O–H groups in total. The van der Waals surface area contributed by atoms with Crippen LogP contribution in [0.25, 0.3) is 0 Å². The second-order valence-electron chi connectivity index (χ2n) is 3.33. The quantitative estimate of drug-likeness (QED) is 0.818. The van der Waals surface area contributed by atoms with E-state index in [0.717, 1.165) is 12.0 Å². The van der Waals surface area contributed by atoms with Crippen LogP contribution in [0.1, 0.15) is 27.8 Å². The predicted octanol–water partition coefficient (Wildman–Crippen LogP) is 1.46. The SMILES string of the molecule is CSCC(C)NC(=O)c1cc(C(=O)O)co1. The minimum absolute atomic E-state index is 0.0147. The summed E-state index contributed by atoms with van der Waals surface area (Å²) >= 11 is 1.62. The van der Waals surface area contributed by atoms with Crippen LogP contribution in [0.5, 0.6) is 0 Å². The van der Waals surface area contributed by atoms with Crippen molar-refractivity contribution in [3.05, 3.63) is 23.7 Å². The van der Waals surface area contributed by atoms with Crippen molar-refractivity contribution >= 4 is 23.6 Å². The number of nitrogens with one attached hydrogen (secondary N) is 1. The Morgan fingerprint density at radius 2 is 2.31 bits per heavy atom. The molecule has 1 rings (SSSR count). The Morgan fingerprint density at radius 1 is 1.62 bits per heavy atom. The highest BCUT2D eigenvalue weighted by atomic mass is 32.2. The number of carbonyl (C=O) groups is 2. The molecule has 0 aliphatic rings. The molecule has 0 bridgehead atoms. The average molecular weight is 243 g/mol. The molecule has 0 spiro atoms. The number of aromatic carboxylic acids is 1. The van der Waals surface area contributed by atoms with Gasteiger partial charge >= 0.3 is 5.97 Å². The Kier molecular flexibility index (Phi) is 4.42. The Bertz CT molecular complexity index is 388. The average Bonchev–Trinajstić information content (AvgIpc) is 2.66. The maximum Gasteiger partial charge on any atom is 0.338 e. The second-order valence-corrected chi connectivity index (χ2v) is 4.25. The molecule has 1 amide bonds. The van der Waals surface area contributed by atoms with Crippen molar-refractivity contribution < 1.29 is 19.1 Å². The van der Waals surface area contributed by atoms with Gasteiger partial charge in [-0.05, 0) is 13.2 Å². The zero-order valence-electron chi connectivity index (χ0n) is 9.02. The number of hydrogen-bond donors (Lipinski definition) is 2. The molecule has 0 radical (unpaired) electrons. The highest BCUT2D eigenvalue weighted by Crippen LogP contribution is 2.08. The van der Waals surface area contributed by atoms with Crippen LogP contribution in [0.3, 0.4) is 0 Å². The van der Waals surface area contributed by atoms with Gasteiger partial charge in [0.1, 0.15) is 6.26 Å². The third-order valence-electron chi connectivity index (χ3n) is 1.86. The summed E-state index contributed by atoms with van der Waals surface area (Å²) in [6.45, 7) is 1.87. The van der Waals surface area contributed by atoms with Gasteiger partial charge in [0.2, 0.25) is 0 Å². The van der Waals surface area contributed by atoms with E-state index in [1.807, 2.05) is 13.2 Å². The Hall–Kier alpha value is -1.43. The van der Waals surface area contributed by atoms with Crippen LogP contribution in [0.2, 0.25) is 0 Å². The molecule has 16 heavy (non-hydrogen) atoms. The maximum absolute atomic E-state index is 11.6. The van der Waals surface area contributed by atoms with Crippen LogP contribution in [0.15, 0.2) is 16.7 Å². The largest absolute Gasteiger partial charge is 0.478 e. The number of hydrogen-bond acceptors (Lipinski definition) is 4. The second kappa shape index (κ2) is 5.60. The standard InChI is InChI=1S/C10H13NO4S/c1-6(5-16-2)11-9(12)8-3-7(4-15-8)10(13)14/h3-4,6H,5H2,1-2H3,(H,11,12)(H,13,14). The first kappa shape index (κ1) is 12.6. The van der Waals surface area contributed by atoms with E-state index in [1.165, 1.54) is 6.07 Å². The number of amides is 1. The van der Waals surface area contributed by atoms with E-state index < -0.39 is 11.9 Å². The summed E-state index contributed by atoms with van der Waals surface area (Å²) in [6, 6.07) is 1.23. The molecule has 0 saturated carbocycles. The fourth-order valence-corrected chi connectivity index (χ4v) is 1.74. The smallest absolute Gasteiger partial charge is 0.338 e. The van der Waals surface area contributed by atoms with Gasteiger partial charge in [0.05, 0.1) is 5.56 Å². The van der Waals surface area contributed by atoms with Crippen LogP contribution >= 0.6 is 11.8 Å². The van der Waals surface area contributed by atoms with Gasteiger partial charge in [0, 0.05) is 17.9 Å². The lowest BCUT2D eigenvalue weighted by Crippen LogP contribution is -2.33. The van der Waals surface area contributed by atoms with Crippen LogP contribution in [0, 0.1) is 0 Å². The summed E-state index contributed by atoms with van der Waals surface area (Å²) in [6.07, 6.45) is 2.99. The van der Waals surface area contributed by atoms with Crippen LogP contribution in [-0.2, 0) is 0 Å². The lowest BCUT2D eigenvalue weighted by Gasteiger charge is -2.10. The van der Waals surface area contributed by atoms with Gasteiger partial charge in [-0.3, -0.25) is 4.79 Å². The van der Waals surface area contributed by atoms with Gasteiger partial charge in [-0.25, -0.2) is 4.79 Å². The number of carboxylic acids is 1. The van der Waals surface area contributed by atoms with Crippen LogP contribution < -0.4 is 5.32 Å². The lowest BCUT2D eigenvalue weighted by molar-refractivity contribution is 0.0695. The van der Waals surface area contributed by atoms with Crippen molar-refractivity contribution in [3.63, 3.8) is 0 Å². The fraction of sp³-hybridized carbons (Fsp3) is 0.400. The van der Waals surface area contributed by atoms with Gasteiger partial charge in [-0.1, -0.05) is 0 Å². The third kappa shape index (κ3) is 3.30. The minimum Gasteiger partial charge on any atom is -0.478 e. The molecule has 0 aliphatic carbocycles. The van der Waals surface area contributed by atoms with Crippen molar-refractivity contribution in [2.45, 2.75) is 13.0 Å². The number of carboxylic acid groups (broad SMARTS) is 1. The zero-order valence-corrected chi connectivity index (χ0v) is 9.84. The Balaban J connectivity index is 2.62. The van der Waals surface area contributed by atoms with E-state index in [9.17, 15) is 9.59 Å². The van der Waals surface area contributed by atoms with Crippen molar-refractivity contribution in [2.75, 3.05) is 12.0 Å². The highest BCUT2D eigenvalue weighted by molar-refractivity contribution is 7.98. The molecule has 1 atom stereocenters. The number of furan rings is 1. The summed E-state index contributed by atoms with van der Waals surface area (Å²) in [4.78, 5) is 22.1. The molecule has 1 aromatic heterocycles. The monoisotopic (exact) mass is 243 g/mol. The summed E-state index contributed by atoms with van der Waals surface area (Å²) in [5, 5.41) is 11.4. The fourth-order valence-electron chi connectivity index (χ4n) is 1.15. The Labute approximate surface area is 97.2 Å². The summed E-state index contributed by atoms with van der Waals surface area (Å²) in [5.41, 5.74) is -0.0253. The van der Waals surface area contributed by atoms with E-state index in [2.05, 4.69) is 5.32 Å². The molecule has 0 saturated heterocycles. The minimum atomic E-state index is -1.11. The molecule has 6 heteroatoms. The molecule has 1 aromatic rings. The number of rotatable bonds is 5. The molecule has 0 aliphatic heterocycles. The first-order valence-corrected chi connectivity index (χ1v) is 6.05. The van der Waals surface area contributed by atoms with Crippen molar-refractivity contribution in [1.82, 2.24) is 5.32 Å². The maximum atomic E-state index is 11.6. The number of carbonyl (C=O) groups excluding carboxylic acids is 1. The predicted molar refractivity (Wildman–Crippen MR) is 61.0 cm³/mol. The summed E-state index contributed by atoms with van der Waals surface area (Å²) < 4.78 is 4.87. The highest BCUT2D eigenvalue weighted by Gasteiger charge is 2.15.